The van der Waals surface area contributed by atoms with Crippen LogP contribution in [0.25, 0.3) is 0 Å². The van der Waals surface area contributed by atoms with Gasteiger partial charge in [-0.2, -0.15) is 0 Å². The van der Waals surface area contributed by atoms with E-state index in [2.05, 4.69) is 27.0 Å². The van der Waals surface area contributed by atoms with Crippen molar-refractivity contribution in [3.8, 4) is 0 Å². The molecule has 0 aromatic carbocycles. The zero-order valence-electron chi connectivity index (χ0n) is 7.46. The van der Waals surface area contributed by atoms with Gasteiger partial charge in [0, 0.05) is 16.9 Å². The average Bonchev–Trinajstić information content (AvgIpc) is 2.90. The standard InChI is InChI=1S/C10H13BrN2/c11-9-6-13-4-1-8(9)5-10(7-12)2-3-10/h1,4,6H,2-3,5,7,12H2. The molecule has 0 amide bonds. The van der Waals surface area contributed by atoms with Crippen LogP contribution < -0.4 is 5.73 Å². The van der Waals surface area contributed by atoms with Crippen molar-refractivity contribution in [3.05, 3.63) is 28.5 Å². The Morgan fingerprint density at radius 3 is 2.85 bits per heavy atom. The molecule has 13 heavy (non-hydrogen) atoms. The molecule has 0 bridgehead atoms. The summed E-state index contributed by atoms with van der Waals surface area (Å²) in [6.45, 7) is 0.807. The van der Waals surface area contributed by atoms with E-state index >= 15 is 0 Å². The van der Waals surface area contributed by atoms with Crippen molar-refractivity contribution in [2.24, 2.45) is 11.1 Å². The van der Waals surface area contributed by atoms with Crippen molar-refractivity contribution in [2.75, 3.05) is 6.54 Å². The largest absolute Gasteiger partial charge is 0.330 e. The molecule has 1 saturated carbocycles. The second-order valence-electron chi connectivity index (χ2n) is 3.85. The summed E-state index contributed by atoms with van der Waals surface area (Å²) in [4.78, 5) is 4.04. The molecule has 1 heterocycles. The molecule has 1 aliphatic carbocycles. The number of nitrogens with two attached hydrogens (primary N) is 1. The van der Waals surface area contributed by atoms with E-state index in [4.69, 9.17) is 5.73 Å². The predicted octanol–water partition coefficient (Wildman–Crippen LogP) is 2.13. The lowest BCUT2D eigenvalue weighted by Gasteiger charge is -2.12. The Hall–Kier alpha value is -0.410. The number of hydrogen-bond donors (Lipinski definition) is 1. The molecule has 2 rings (SSSR count). The molecular formula is C10H13BrN2. The number of nitrogens with zero attached hydrogens (tertiary/aromatic N) is 1. The van der Waals surface area contributed by atoms with Crippen LogP contribution in [0.4, 0.5) is 0 Å². The van der Waals surface area contributed by atoms with E-state index in [0.717, 1.165) is 17.4 Å². The Morgan fingerprint density at radius 1 is 1.54 bits per heavy atom. The van der Waals surface area contributed by atoms with Crippen LogP contribution in [0.5, 0.6) is 0 Å². The number of pyridine rings is 1. The molecule has 1 aromatic heterocycles. The predicted molar refractivity (Wildman–Crippen MR) is 56.4 cm³/mol. The van der Waals surface area contributed by atoms with E-state index in [9.17, 15) is 0 Å². The summed E-state index contributed by atoms with van der Waals surface area (Å²) in [5, 5.41) is 0. The Balaban J connectivity index is 2.14. The van der Waals surface area contributed by atoms with Crippen LogP contribution in [0, 0.1) is 5.41 Å². The van der Waals surface area contributed by atoms with Gasteiger partial charge in [0.05, 0.1) is 0 Å². The summed E-state index contributed by atoms with van der Waals surface area (Å²) in [7, 11) is 0. The third-order valence-electron chi connectivity index (χ3n) is 2.81. The first kappa shape index (κ1) is 9.16. The molecule has 1 fully saturated rings. The molecule has 0 saturated heterocycles. The first-order valence-electron chi connectivity index (χ1n) is 4.54. The van der Waals surface area contributed by atoms with Gasteiger partial charge in [0.25, 0.3) is 0 Å². The lowest BCUT2D eigenvalue weighted by molar-refractivity contribution is 0.520. The molecule has 3 heteroatoms. The minimum Gasteiger partial charge on any atom is -0.330 e. The van der Waals surface area contributed by atoms with Gasteiger partial charge in [0.15, 0.2) is 0 Å². The van der Waals surface area contributed by atoms with Crippen molar-refractivity contribution in [2.45, 2.75) is 19.3 Å². The van der Waals surface area contributed by atoms with Gasteiger partial charge in [-0.3, -0.25) is 4.98 Å². The van der Waals surface area contributed by atoms with Gasteiger partial charge in [-0.15, -0.1) is 0 Å². The van der Waals surface area contributed by atoms with E-state index in [-0.39, 0.29) is 0 Å². The highest BCUT2D eigenvalue weighted by molar-refractivity contribution is 9.10. The van der Waals surface area contributed by atoms with Crippen molar-refractivity contribution in [3.63, 3.8) is 0 Å². The van der Waals surface area contributed by atoms with Gasteiger partial charge < -0.3 is 5.73 Å². The van der Waals surface area contributed by atoms with Crippen LogP contribution in [-0.2, 0) is 6.42 Å². The van der Waals surface area contributed by atoms with Crippen LogP contribution in [0.15, 0.2) is 22.9 Å². The number of hydrogen-bond acceptors (Lipinski definition) is 2. The fourth-order valence-electron chi connectivity index (χ4n) is 1.58. The first-order chi connectivity index (χ1) is 6.26. The van der Waals surface area contributed by atoms with Crippen LogP contribution >= 0.6 is 15.9 Å². The summed E-state index contributed by atoms with van der Waals surface area (Å²) in [6.07, 6.45) is 7.33. The van der Waals surface area contributed by atoms with E-state index in [0.29, 0.717) is 5.41 Å². The van der Waals surface area contributed by atoms with Gasteiger partial charge in [0.1, 0.15) is 0 Å². The summed E-state index contributed by atoms with van der Waals surface area (Å²) >= 11 is 3.50. The molecule has 0 spiro atoms. The highest BCUT2D eigenvalue weighted by atomic mass is 79.9. The van der Waals surface area contributed by atoms with E-state index in [1.54, 1.807) is 0 Å². The fourth-order valence-corrected chi connectivity index (χ4v) is 1.97. The van der Waals surface area contributed by atoms with Gasteiger partial charge in [-0.25, -0.2) is 0 Å². The average molecular weight is 241 g/mol. The number of rotatable bonds is 3. The third kappa shape index (κ3) is 1.92. The minimum atomic E-state index is 0.407. The molecule has 70 valence electrons. The highest BCUT2D eigenvalue weighted by Crippen LogP contribution is 2.47. The zero-order valence-corrected chi connectivity index (χ0v) is 9.05. The quantitative estimate of drug-likeness (QED) is 0.880. The number of aromatic nitrogens is 1. The van der Waals surface area contributed by atoms with Crippen LogP contribution in [-0.4, -0.2) is 11.5 Å². The van der Waals surface area contributed by atoms with Crippen LogP contribution in [0.3, 0.4) is 0 Å². The molecule has 1 aromatic rings. The maximum atomic E-state index is 5.74. The normalized spacial score (nSPS) is 18.6. The maximum Gasteiger partial charge on any atom is 0.0412 e. The summed E-state index contributed by atoms with van der Waals surface area (Å²) in [5.74, 6) is 0. The molecule has 1 aliphatic rings. The van der Waals surface area contributed by atoms with Gasteiger partial charge in [0.2, 0.25) is 0 Å². The zero-order chi connectivity index (χ0) is 9.31. The topological polar surface area (TPSA) is 38.9 Å². The summed E-state index contributed by atoms with van der Waals surface area (Å²) < 4.78 is 1.11. The molecule has 0 radical (unpaired) electrons. The third-order valence-corrected chi connectivity index (χ3v) is 3.53. The maximum absolute atomic E-state index is 5.74. The van der Waals surface area contributed by atoms with Gasteiger partial charge in [-0.1, -0.05) is 0 Å². The van der Waals surface area contributed by atoms with E-state index < -0.39 is 0 Å². The van der Waals surface area contributed by atoms with Crippen molar-refractivity contribution in [1.82, 2.24) is 4.98 Å². The summed E-state index contributed by atoms with van der Waals surface area (Å²) in [5.41, 5.74) is 7.47. The smallest absolute Gasteiger partial charge is 0.0412 e. The second kappa shape index (κ2) is 3.39. The second-order valence-corrected chi connectivity index (χ2v) is 4.70. The Kier molecular flexibility index (Phi) is 2.39. The van der Waals surface area contributed by atoms with E-state index in [1.165, 1.54) is 18.4 Å². The lowest BCUT2D eigenvalue weighted by Crippen LogP contribution is -2.18. The monoisotopic (exact) mass is 240 g/mol. The Labute approximate surface area is 86.7 Å². The SMILES string of the molecule is NCC1(Cc2ccncc2Br)CC1. The molecular weight excluding hydrogens is 228 g/mol. The molecule has 2 nitrogen and oxygen atoms in total. The van der Waals surface area contributed by atoms with Crippen molar-refractivity contribution >= 4 is 15.9 Å². The Bertz CT molecular complexity index is 308. The molecule has 2 N–H and O–H groups in total. The van der Waals surface area contributed by atoms with Crippen molar-refractivity contribution < 1.29 is 0 Å². The first-order valence-corrected chi connectivity index (χ1v) is 5.34. The van der Waals surface area contributed by atoms with Gasteiger partial charge in [-0.05, 0) is 58.8 Å². The number of halogens is 1. The molecule has 0 aliphatic heterocycles. The van der Waals surface area contributed by atoms with Crippen molar-refractivity contribution in [1.29, 1.82) is 0 Å². The van der Waals surface area contributed by atoms with E-state index in [1.807, 2.05) is 12.4 Å². The highest BCUT2D eigenvalue weighted by Gasteiger charge is 2.41. The Morgan fingerprint density at radius 2 is 2.31 bits per heavy atom. The van der Waals surface area contributed by atoms with Crippen LogP contribution in [0.1, 0.15) is 18.4 Å². The fraction of sp³-hybridized carbons (Fsp3) is 0.500. The molecule has 0 unspecified atom stereocenters. The summed E-state index contributed by atoms with van der Waals surface area (Å²) in [6, 6.07) is 2.07. The lowest BCUT2D eigenvalue weighted by atomic mass is 9.98. The van der Waals surface area contributed by atoms with Crippen LogP contribution in [0.2, 0.25) is 0 Å². The molecule has 0 atom stereocenters. The minimum absolute atomic E-state index is 0.407. The van der Waals surface area contributed by atoms with Gasteiger partial charge >= 0.3 is 0 Å².